The summed E-state index contributed by atoms with van der Waals surface area (Å²) >= 11 is 7.59. The number of anilines is 1. The maximum absolute atomic E-state index is 12.3. The van der Waals surface area contributed by atoms with Gasteiger partial charge < -0.3 is 5.32 Å². The van der Waals surface area contributed by atoms with Crippen molar-refractivity contribution in [2.45, 2.75) is 55.3 Å². The first kappa shape index (κ1) is 19.5. The van der Waals surface area contributed by atoms with Crippen molar-refractivity contribution < 1.29 is 4.79 Å². The first-order chi connectivity index (χ1) is 14.1. The second kappa shape index (κ2) is 8.00. The normalized spacial score (nSPS) is 29.8. The first-order valence-corrected chi connectivity index (χ1v) is 12.2. The van der Waals surface area contributed by atoms with Crippen LogP contribution in [0.15, 0.2) is 53.4 Å². The van der Waals surface area contributed by atoms with Crippen LogP contribution in [0.3, 0.4) is 0 Å². The van der Waals surface area contributed by atoms with Crippen LogP contribution in [0, 0.1) is 17.8 Å². The average molecular weight is 426 g/mol. The quantitative estimate of drug-likeness (QED) is 0.508. The summed E-state index contributed by atoms with van der Waals surface area (Å²) in [5.41, 5.74) is 2.85. The van der Waals surface area contributed by atoms with Crippen molar-refractivity contribution in [1.29, 1.82) is 0 Å². The Morgan fingerprint density at radius 2 is 1.52 bits per heavy atom. The monoisotopic (exact) mass is 425 g/mol. The number of halogens is 1. The summed E-state index contributed by atoms with van der Waals surface area (Å²) in [6.45, 7) is 0. The summed E-state index contributed by atoms with van der Waals surface area (Å²) in [5, 5.41) is 3.80. The highest BCUT2D eigenvalue weighted by Gasteiger charge is 2.51. The van der Waals surface area contributed by atoms with Gasteiger partial charge in [-0.25, -0.2) is 0 Å². The zero-order valence-electron chi connectivity index (χ0n) is 16.7. The number of nitrogens with one attached hydrogen (secondary N) is 1. The molecule has 0 unspecified atom stereocenters. The number of amides is 1. The third-order valence-electron chi connectivity index (χ3n) is 7.23. The molecule has 4 saturated carbocycles. The lowest BCUT2D eigenvalue weighted by molar-refractivity contribution is -0.115. The van der Waals surface area contributed by atoms with Crippen LogP contribution in [0.25, 0.3) is 0 Å². The molecule has 1 N–H and O–H groups in total. The molecule has 2 nitrogen and oxygen atoms in total. The van der Waals surface area contributed by atoms with Crippen LogP contribution < -0.4 is 5.32 Å². The maximum Gasteiger partial charge on any atom is 0.225 e. The Labute approximate surface area is 182 Å². The molecule has 4 aliphatic carbocycles. The number of carbonyl (C=O) groups is 1. The molecular weight excluding hydrogens is 398 g/mol. The van der Waals surface area contributed by atoms with Crippen LogP contribution in [0.2, 0.25) is 5.02 Å². The van der Waals surface area contributed by atoms with Crippen LogP contribution in [-0.2, 0) is 10.2 Å². The Hall–Kier alpha value is -1.45. The summed E-state index contributed by atoms with van der Waals surface area (Å²) in [5.74, 6) is 3.71. The van der Waals surface area contributed by atoms with Gasteiger partial charge in [-0.1, -0.05) is 23.7 Å². The number of benzene rings is 2. The largest absolute Gasteiger partial charge is 0.326 e. The number of hydrogen-bond acceptors (Lipinski definition) is 2. The molecule has 1 amide bonds. The predicted molar refractivity (Wildman–Crippen MR) is 122 cm³/mol. The number of hydrogen-bond donors (Lipinski definition) is 1. The topological polar surface area (TPSA) is 29.1 Å². The third-order valence-corrected chi connectivity index (χ3v) is 8.50. The fourth-order valence-electron chi connectivity index (χ4n) is 6.39. The minimum Gasteiger partial charge on any atom is -0.326 e. The van der Waals surface area contributed by atoms with Gasteiger partial charge >= 0.3 is 0 Å². The lowest BCUT2D eigenvalue weighted by Crippen LogP contribution is -2.48. The van der Waals surface area contributed by atoms with Gasteiger partial charge in [0.2, 0.25) is 5.91 Å². The molecule has 4 fully saturated rings. The van der Waals surface area contributed by atoms with E-state index in [4.69, 9.17) is 11.6 Å². The molecule has 152 valence electrons. The van der Waals surface area contributed by atoms with Gasteiger partial charge in [0.25, 0.3) is 0 Å². The van der Waals surface area contributed by atoms with E-state index in [1.807, 2.05) is 24.3 Å². The van der Waals surface area contributed by atoms with Crippen molar-refractivity contribution in [3.8, 4) is 0 Å². The number of rotatable bonds is 6. The number of carbonyl (C=O) groups excluding carboxylic acids is 1. The van der Waals surface area contributed by atoms with Gasteiger partial charge in [-0.05, 0) is 104 Å². The molecule has 4 bridgehead atoms. The standard InChI is InChI=1S/C25H28ClNOS/c26-21-3-7-23(8-4-21)29-10-9-24(28)27-22-5-1-20(2-6-22)25-14-17-11-18(15-25)13-19(12-17)16-25/h1-8,17-19H,9-16H2,(H,27,28). The molecule has 4 aliphatic rings. The molecule has 2 aromatic rings. The van der Waals surface area contributed by atoms with Crippen molar-refractivity contribution in [2.24, 2.45) is 17.8 Å². The van der Waals surface area contributed by atoms with E-state index in [0.29, 0.717) is 11.8 Å². The van der Waals surface area contributed by atoms with Gasteiger partial charge in [-0.3, -0.25) is 4.79 Å². The van der Waals surface area contributed by atoms with Crippen molar-refractivity contribution >= 4 is 35.0 Å². The minimum absolute atomic E-state index is 0.0778. The molecular formula is C25H28ClNOS. The van der Waals surface area contributed by atoms with E-state index in [1.165, 1.54) is 44.1 Å². The lowest BCUT2D eigenvalue weighted by atomic mass is 9.48. The smallest absolute Gasteiger partial charge is 0.225 e. The minimum atomic E-state index is 0.0778. The van der Waals surface area contributed by atoms with Gasteiger partial charge in [0, 0.05) is 27.8 Å². The predicted octanol–water partition coefficient (Wildman–Crippen LogP) is 6.93. The van der Waals surface area contributed by atoms with Crippen LogP contribution in [0.4, 0.5) is 5.69 Å². The highest BCUT2D eigenvalue weighted by Crippen LogP contribution is 2.60. The van der Waals surface area contributed by atoms with Crippen molar-refractivity contribution in [1.82, 2.24) is 0 Å². The number of thioether (sulfide) groups is 1. The van der Waals surface area contributed by atoms with Crippen molar-refractivity contribution in [2.75, 3.05) is 11.1 Å². The maximum atomic E-state index is 12.3. The fraction of sp³-hybridized carbons (Fsp3) is 0.480. The molecule has 0 saturated heterocycles. The third kappa shape index (κ3) is 4.22. The Balaban J connectivity index is 1.16. The van der Waals surface area contributed by atoms with E-state index in [0.717, 1.165) is 39.1 Å². The molecule has 6 rings (SSSR count). The summed E-state index contributed by atoms with van der Waals surface area (Å²) < 4.78 is 0. The van der Waals surface area contributed by atoms with E-state index in [-0.39, 0.29) is 5.91 Å². The van der Waals surface area contributed by atoms with E-state index in [9.17, 15) is 4.79 Å². The van der Waals surface area contributed by atoms with Crippen LogP contribution in [0.1, 0.15) is 50.5 Å². The Bertz CT molecular complexity index is 841. The zero-order chi connectivity index (χ0) is 19.8. The van der Waals surface area contributed by atoms with Crippen LogP contribution in [0.5, 0.6) is 0 Å². The molecule has 29 heavy (non-hydrogen) atoms. The van der Waals surface area contributed by atoms with E-state index < -0.39 is 0 Å². The van der Waals surface area contributed by atoms with Crippen molar-refractivity contribution in [3.63, 3.8) is 0 Å². The highest BCUT2D eigenvalue weighted by atomic mass is 35.5. The van der Waals surface area contributed by atoms with Gasteiger partial charge in [0.05, 0.1) is 0 Å². The van der Waals surface area contributed by atoms with E-state index in [2.05, 4.69) is 29.6 Å². The molecule has 0 aliphatic heterocycles. The van der Waals surface area contributed by atoms with Gasteiger partial charge in [-0.15, -0.1) is 11.8 Å². The molecule has 0 heterocycles. The van der Waals surface area contributed by atoms with Crippen LogP contribution >= 0.6 is 23.4 Å². The zero-order valence-corrected chi connectivity index (χ0v) is 18.3. The summed E-state index contributed by atoms with van der Waals surface area (Å²) in [6.07, 6.45) is 9.07. The van der Waals surface area contributed by atoms with E-state index in [1.54, 1.807) is 11.8 Å². The second-order valence-electron chi connectivity index (χ2n) is 9.38. The fourth-order valence-corrected chi connectivity index (χ4v) is 7.36. The van der Waals surface area contributed by atoms with E-state index >= 15 is 0 Å². The molecule has 4 heteroatoms. The summed E-state index contributed by atoms with van der Waals surface area (Å²) in [6, 6.07) is 16.5. The van der Waals surface area contributed by atoms with Crippen molar-refractivity contribution in [3.05, 3.63) is 59.1 Å². The summed E-state index contributed by atoms with van der Waals surface area (Å²) in [7, 11) is 0. The first-order valence-electron chi connectivity index (χ1n) is 10.9. The average Bonchev–Trinajstić information content (AvgIpc) is 2.69. The second-order valence-corrected chi connectivity index (χ2v) is 11.0. The Morgan fingerprint density at radius 1 is 0.931 bits per heavy atom. The highest BCUT2D eigenvalue weighted by molar-refractivity contribution is 7.99. The van der Waals surface area contributed by atoms with Crippen LogP contribution in [-0.4, -0.2) is 11.7 Å². The molecule has 0 atom stereocenters. The van der Waals surface area contributed by atoms with Gasteiger partial charge in [0.1, 0.15) is 0 Å². The molecule has 0 radical (unpaired) electrons. The molecule has 2 aromatic carbocycles. The molecule has 0 spiro atoms. The molecule has 0 aromatic heterocycles. The van der Waals surface area contributed by atoms with Gasteiger partial charge in [0.15, 0.2) is 0 Å². The Kier molecular flexibility index (Phi) is 5.38. The Morgan fingerprint density at radius 3 is 2.10 bits per heavy atom. The summed E-state index contributed by atoms with van der Waals surface area (Å²) in [4.78, 5) is 13.5. The lowest BCUT2D eigenvalue weighted by Gasteiger charge is -2.57. The van der Waals surface area contributed by atoms with Gasteiger partial charge in [-0.2, -0.15) is 0 Å². The SMILES string of the molecule is O=C(CCSc1ccc(Cl)cc1)Nc1ccc(C23CC4CC(CC(C4)C2)C3)cc1.